The first-order chi connectivity index (χ1) is 13.4. The van der Waals surface area contributed by atoms with Crippen molar-refractivity contribution in [1.29, 1.82) is 0 Å². The number of esters is 1. The summed E-state index contributed by atoms with van der Waals surface area (Å²) in [6, 6.07) is 13.9. The maximum Gasteiger partial charge on any atom is 0.311 e. The number of aromatic amines is 1. The van der Waals surface area contributed by atoms with Crippen molar-refractivity contribution >= 4 is 40.6 Å². The van der Waals surface area contributed by atoms with Gasteiger partial charge in [0.15, 0.2) is 0 Å². The molecule has 1 N–H and O–H groups in total. The first-order valence-electron chi connectivity index (χ1n) is 8.37. The monoisotopic (exact) mass is 417 g/mol. The topological polar surface area (TPSA) is 76.5 Å². The fraction of sp³-hybridized carbons (Fsp3) is 0.150. The van der Waals surface area contributed by atoms with E-state index in [0.29, 0.717) is 32.8 Å². The zero-order valence-corrected chi connectivity index (χ0v) is 16.7. The van der Waals surface area contributed by atoms with E-state index in [1.807, 2.05) is 18.2 Å². The molecule has 144 valence electrons. The molecule has 8 heteroatoms. The minimum absolute atomic E-state index is 0.100. The Hall–Kier alpha value is -2.83. The molecule has 1 heterocycles. The molecule has 28 heavy (non-hydrogen) atoms. The highest BCUT2D eigenvalue weighted by Crippen LogP contribution is 2.28. The van der Waals surface area contributed by atoms with Gasteiger partial charge in [0.05, 0.1) is 46.9 Å². The standard InChI is InChI=1S/C20H17Cl2N3O3/c1-12(23-16-10-13(21)8-9-15(16)22)19-17(11-18(26)28-2)24-25(20(19)27)14-6-4-3-5-7-14/h3-10,24H,11H2,1-2H3. The number of carbonyl (C=O) groups is 1. The highest BCUT2D eigenvalue weighted by molar-refractivity contribution is 6.35. The fourth-order valence-corrected chi connectivity index (χ4v) is 3.09. The number of para-hydroxylation sites is 1. The zero-order chi connectivity index (χ0) is 20.3. The highest BCUT2D eigenvalue weighted by Gasteiger charge is 2.20. The molecular formula is C20H17Cl2N3O3. The molecule has 0 unspecified atom stereocenters. The molecule has 0 radical (unpaired) electrons. The van der Waals surface area contributed by atoms with Crippen molar-refractivity contribution in [2.24, 2.45) is 4.99 Å². The summed E-state index contributed by atoms with van der Waals surface area (Å²) in [7, 11) is 1.29. The minimum Gasteiger partial charge on any atom is -0.469 e. The van der Waals surface area contributed by atoms with Crippen LogP contribution in [-0.2, 0) is 16.0 Å². The lowest BCUT2D eigenvalue weighted by Crippen LogP contribution is -2.20. The number of rotatable bonds is 5. The van der Waals surface area contributed by atoms with E-state index in [9.17, 15) is 9.59 Å². The van der Waals surface area contributed by atoms with Crippen molar-refractivity contribution in [3.8, 4) is 5.69 Å². The third-order valence-electron chi connectivity index (χ3n) is 4.09. The molecule has 2 aromatic carbocycles. The van der Waals surface area contributed by atoms with Crippen LogP contribution < -0.4 is 5.56 Å². The molecule has 0 aliphatic rings. The van der Waals surface area contributed by atoms with Crippen LogP contribution in [0.25, 0.3) is 5.69 Å². The summed E-state index contributed by atoms with van der Waals surface area (Å²) in [5, 5.41) is 3.86. The van der Waals surface area contributed by atoms with Crippen LogP contribution in [0.1, 0.15) is 18.2 Å². The molecule has 0 amide bonds. The van der Waals surface area contributed by atoms with E-state index in [2.05, 4.69) is 10.1 Å². The van der Waals surface area contributed by atoms with Crippen LogP contribution >= 0.6 is 23.2 Å². The first-order valence-corrected chi connectivity index (χ1v) is 9.13. The Bertz CT molecular complexity index is 1100. The van der Waals surface area contributed by atoms with Gasteiger partial charge in [0.1, 0.15) is 0 Å². The Morgan fingerprint density at radius 2 is 1.89 bits per heavy atom. The molecule has 0 saturated carbocycles. The van der Waals surface area contributed by atoms with Crippen molar-refractivity contribution < 1.29 is 9.53 Å². The number of aromatic nitrogens is 2. The van der Waals surface area contributed by atoms with E-state index < -0.39 is 5.97 Å². The summed E-state index contributed by atoms with van der Waals surface area (Å²) in [6.07, 6.45) is -0.100. The average Bonchev–Trinajstić information content (AvgIpc) is 3.01. The molecule has 0 spiro atoms. The van der Waals surface area contributed by atoms with E-state index >= 15 is 0 Å². The number of ether oxygens (including phenoxy) is 1. The van der Waals surface area contributed by atoms with Crippen LogP contribution in [0.4, 0.5) is 5.69 Å². The van der Waals surface area contributed by atoms with Crippen molar-refractivity contribution in [1.82, 2.24) is 9.78 Å². The summed E-state index contributed by atoms with van der Waals surface area (Å²) in [5.41, 5.74) is 1.83. The van der Waals surface area contributed by atoms with Gasteiger partial charge >= 0.3 is 5.97 Å². The zero-order valence-electron chi connectivity index (χ0n) is 15.2. The van der Waals surface area contributed by atoms with Gasteiger partial charge in [-0.25, -0.2) is 4.68 Å². The van der Waals surface area contributed by atoms with Crippen LogP contribution in [-0.4, -0.2) is 28.6 Å². The van der Waals surface area contributed by atoms with E-state index in [1.54, 1.807) is 37.3 Å². The van der Waals surface area contributed by atoms with Crippen LogP contribution in [0.2, 0.25) is 10.0 Å². The number of hydrogen-bond donors (Lipinski definition) is 1. The van der Waals surface area contributed by atoms with Crippen molar-refractivity contribution in [3.05, 3.63) is 80.2 Å². The van der Waals surface area contributed by atoms with Gasteiger partial charge in [-0.1, -0.05) is 41.4 Å². The van der Waals surface area contributed by atoms with Crippen LogP contribution in [0.15, 0.2) is 58.3 Å². The van der Waals surface area contributed by atoms with E-state index in [-0.39, 0.29) is 17.5 Å². The normalized spacial score (nSPS) is 11.5. The highest BCUT2D eigenvalue weighted by atomic mass is 35.5. The summed E-state index contributed by atoms with van der Waals surface area (Å²) >= 11 is 12.2. The summed E-state index contributed by atoms with van der Waals surface area (Å²) in [5.74, 6) is -0.476. The minimum atomic E-state index is -0.476. The maximum atomic E-state index is 13.1. The number of aliphatic imine (C=N–C) groups is 1. The van der Waals surface area contributed by atoms with Crippen molar-refractivity contribution in [2.45, 2.75) is 13.3 Å². The molecule has 0 saturated heterocycles. The largest absolute Gasteiger partial charge is 0.469 e. The smallest absolute Gasteiger partial charge is 0.311 e. The summed E-state index contributed by atoms with van der Waals surface area (Å²) in [6.45, 7) is 1.68. The lowest BCUT2D eigenvalue weighted by Gasteiger charge is -2.03. The molecule has 0 aliphatic heterocycles. The van der Waals surface area contributed by atoms with E-state index in [0.717, 1.165) is 0 Å². The van der Waals surface area contributed by atoms with Crippen molar-refractivity contribution in [3.63, 3.8) is 0 Å². The van der Waals surface area contributed by atoms with Gasteiger partial charge in [-0.2, -0.15) is 0 Å². The molecule has 0 fully saturated rings. The second-order valence-electron chi connectivity index (χ2n) is 5.99. The molecule has 0 aliphatic carbocycles. The average molecular weight is 418 g/mol. The van der Waals surface area contributed by atoms with Gasteiger partial charge in [0.25, 0.3) is 5.56 Å². The third-order valence-corrected chi connectivity index (χ3v) is 4.64. The predicted octanol–water partition coefficient (Wildman–Crippen LogP) is 4.33. The Morgan fingerprint density at radius 1 is 1.18 bits per heavy atom. The molecule has 3 aromatic rings. The van der Waals surface area contributed by atoms with Gasteiger partial charge in [-0.15, -0.1) is 0 Å². The summed E-state index contributed by atoms with van der Waals surface area (Å²) in [4.78, 5) is 29.4. The van der Waals surface area contributed by atoms with Crippen molar-refractivity contribution in [2.75, 3.05) is 7.11 Å². The van der Waals surface area contributed by atoms with Gasteiger partial charge in [-0.3, -0.25) is 19.7 Å². The van der Waals surface area contributed by atoms with Crippen LogP contribution in [0.5, 0.6) is 0 Å². The Labute approximate surface area is 171 Å². The summed E-state index contributed by atoms with van der Waals surface area (Å²) < 4.78 is 6.12. The number of nitrogens with one attached hydrogen (secondary N) is 1. The van der Waals surface area contributed by atoms with Gasteiger partial charge < -0.3 is 4.74 Å². The van der Waals surface area contributed by atoms with Crippen LogP contribution in [0, 0.1) is 0 Å². The second-order valence-corrected chi connectivity index (χ2v) is 6.83. The van der Waals surface area contributed by atoms with E-state index in [4.69, 9.17) is 27.9 Å². The number of benzene rings is 2. The van der Waals surface area contributed by atoms with Gasteiger partial charge in [0, 0.05) is 5.02 Å². The lowest BCUT2D eigenvalue weighted by molar-refractivity contribution is -0.139. The molecule has 0 bridgehead atoms. The quantitative estimate of drug-likeness (QED) is 0.495. The van der Waals surface area contributed by atoms with Crippen LogP contribution in [0.3, 0.4) is 0 Å². The fourth-order valence-electron chi connectivity index (χ4n) is 2.77. The van der Waals surface area contributed by atoms with E-state index in [1.165, 1.54) is 11.8 Å². The Morgan fingerprint density at radius 3 is 2.57 bits per heavy atom. The molecular weight excluding hydrogens is 401 g/mol. The Balaban J connectivity index is 2.16. The number of carbonyl (C=O) groups excluding carboxylic acids is 1. The molecule has 6 nitrogen and oxygen atoms in total. The molecule has 3 rings (SSSR count). The maximum absolute atomic E-state index is 13.1. The number of halogens is 2. The van der Waals surface area contributed by atoms with Gasteiger partial charge in [0.2, 0.25) is 0 Å². The third kappa shape index (κ3) is 4.18. The predicted molar refractivity (Wildman–Crippen MR) is 110 cm³/mol. The first kappa shape index (κ1) is 19.9. The lowest BCUT2D eigenvalue weighted by atomic mass is 10.1. The van der Waals surface area contributed by atoms with Gasteiger partial charge in [-0.05, 0) is 37.3 Å². The number of nitrogens with zero attached hydrogens (tertiary/aromatic N) is 2. The second kappa shape index (κ2) is 8.46. The number of H-pyrrole nitrogens is 1. The SMILES string of the molecule is COC(=O)Cc1[nH]n(-c2ccccc2)c(=O)c1C(C)=Nc1cc(Cl)ccc1Cl. The molecule has 0 atom stereocenters. The number of methoxy groups -OCH3 is 1. The molecule has 1 aromatic heterocycles. The Kier molecular flexibility index (Phi) is 6.02. The number of hydrogen-bond acceptors (Lipinski definition) is 4.